The summed E-state index contributed by atoms with van der Waals surface area (Å²) in [6.07, 6.45) is -3.28. The lowest BCUT2D eigenvalue weighted by atomic mass is 9.98. The standard InChI is InChI=1S/C14H15BrClNO6/c15-13(6-18)14(16,21)11(10(19)12(20)23-13)22-9-5-17-8-4-2-1-3-7(8)9/h1-5,10-12,17-21H,6H2/t10-,11-,12-,13-,14-/m1/s1. The van der Waals surface area contributed by atoms with Crippen molar-refractivity contribution in [2.24, 2.45) is 0 Å². The van der Waals surface area contributed by atoms with Crippen LogP contribution in [0.25, 0.3) is 10.9 Å². The minimum absolute atomic E-state index is 0.325. The van der Waals surface area contributed by atoms with Crippen LogP contribution in [-0.4, -0.2) is 60.1 Å². The maximum Gasteiger partial charge on any atom is 0.220 e. The highest BCUT2D eigenvalue weighted by molar-refractivity contribution is 9.10. The van der Waals surface area contributed by atoms with Gasteiger partial charge in [0.1, 0.15) is 11.9 Å². The summed E-state index contributed by atoms with van der Waals surface area (Å²) in [6, 6.07) is 7.24. The number of aliphatic hydroxyl groups excluding tert-OH is 3. The molecule has 2 aromatic rings. The molecule has 1 aliphatic heterocycles. The van der Waals surface area contributed by atoms with Gasteiger partial charge in [-0.3, -0.25) is 0 Å². The Kier molecular flexibility index (Phi) is 4.35. The number of hydrogen-bond donors (Lipinski definition) is 5. The fourth-order valence-electron chi connectivity index (χ4n) is 2.51. The number of para-hydroxylation sites is 1. The number of aliphatic hydroxyl groups is 4. The van der Waals surface area contributed by atoms with Gasteiger partial charge < -0.3 is 34.9 Å². The number of rotatable bonds is 3. The van der Waals surface area contributed by atoms with E-state index in [0.29, 0.717) is 11.1 Å². The van der Waals surface area contributed by atoms with E-state index in [1.165, 1.54) is 0 Å². The molecule has 1 aromatic carbocycles. The van der Waals surface area contributed by atoms with Gasteiger partial charge >= 0.3 is 0 Å². The van der Waals surface area contributed by atoms with Gasteiger partial charge in [-0.15, -0.1) is 0 Å². The smallest absolute Gasteiger partial charge is 0.220 e. The first-order chi connectivity index (χ1) is 10.8. The first-order valence-electron chi connectivity index (χ1n) is 6.78. The molecule has 5 atom stereocenters. The van der Waals surface area contributed by atoms with Crippen LogP contribution in [0.15, 0.2) is 30.5 Å². The average molecular weight is 409 g/mol. The van der Waals surface area contributed by atoms with Crippen LogP contribution in [0.2, 0.25) is 0 Å². The quantitative estimate of drug-likeness (QED) is 0.476. The Hall–Kier alpha value is -0.870. The second-order valence-corrected chi connectivity index (χ2v) is 7.15. The fourth-order valence-corrected chi connectivity index (χ4v) is 3.20. The molecule has 126 valence electrons. The number of aromatic amines is 1. The van der Waals surface area contributed by atoms with Crippen molar-refractivity contribution in [3.63, 3.8) is 0 Å². The SMILES string of the molecule is OC[C@@]1(Br)O[C@@H](O)[C@H](O)[C@@H](Oc2c[nH]c3ccccc23)[C@]1(O)Cl. The summed E-state index contributed by atoms with van der Waals surface area (Å²) in [5.41, 5.74) is 0.787. The van der Waals surface area contributed by atoms with Gasteiger partial charge in [-0.1, -0.05) is 23.7 Å². The molecule has 5 N–H and O–H groups in total. The highest BCUT2D eigenvalue weighted by Crippen LogP contribution is 2.46. The molecule has 0 saturated carbocycles. The maximum atomic E-state index is 10.5. The van der Waals surface area contributed by atoms with E-state index in [1.54, 1.807) is 18.3 Å². The van der Waals surface area contributed by atoms with Gasteiger partial charge in [0.25, 0.3) is 0 Å². The Morgan fingerprint density at radius 1 is 1.35 bits per heavy atom. The summed E-state index contributed by atoms with van der Waals surface area (Å²) < 4.78 is 8.74. The van der Waals surface area contributed by atoms with Crippen LogP contribution in [0.5, 0.6) is 5.75 Å². The molecule has 1 aromatic heterocycles. The molecule has 1 aliphatic rings. The average Bonchev–Trinajstić information content (AvgIpc) is 2.93. The topological polar surface area (TPSA) is 115 Å². The van der Waals surface area contributed by atoms with Gasteiger partial charge in [0.15, 0.2) is 16.9 Å². The van der Waals surface area contributed by atoms with E-state index in [2.05, 4.69) is 20.9 Å². The van der Waals surface area contributed by atoms with Crippen LogP contribution in [0.3, 0.4) is 0 Å². The van der Waals surface area contributed by atoms with Crippen molar-refractivity contribution in [3.05, 3.63) is 30.5 Å². The zero-order valence-electron chi connectivity index (χ0n) is 11.7. The molecule has 0 amide bonds. The van der Waals surface area contributed by atoms with Gasteiger partial charge in [-0.2, -0.15) is 0 Å². The minimum Gasteiger partial charge on any atom is -0.481 e. The Balaban J connectivity index is 1.99. The number of nitrogens with one attached hydrogen (secondary N) is 1. The molecule has 0 unspecified atom stereocenters. The summed E-state index contributed by atoms with van der Waals surface area (Å²) >= 11 is 9.06. The Labute approximate surface area is 144 Å². The van der Waals surface area contributed by atoms with E-state index in [9.17, 15) is 20.4 Å². The van der Waals surface area contributed by atoms with Crippen LogP contribution >= 0.6 is 27.5 Å². The molecular weight excluding hydrogens is 394 g/mol. The van der Waals surface area contributed by atoms with E-state index in [1.807, 2.05) is 12.1 Å². The number of alkyl halides is 2. The Bertz CT molecular complexity index is 709. The third-order valence-corrected chi connectivity index (χ3v) is 5.61. The highest BCUT2D eigenvalue weighted by Gasteiger charge is 2.64. The molecular formula is C14H15BrClNO6. The zero-order valence-corrected chi connectivity index (χ0v) is 14.0. The van der Waals surface area contributed by atoms with Crippen LogP contribution in [0.1, 0.15) is 0 Å². The first kappa shape index (κ1) is 17.0. The third kappa shape index (κ3) is 2.64. The number of halogens is 2. The van der Waals surface area contributed by atoms with Crippen molar-refractivity contribution in [1.29, 1.82) is 0 Å². The molecule has 7 nitrogen and oxygen atoms in total. The molecule has 1 fully saturated rings. The van der Waals surface area contributed by atoms with E-state index >= 15 is 0 Å². The molecule has 9 heteroatoms. The van der Waals surface area contributed by atoms with Crippen molar-refractivity contribution >= 4 is 38.4 Å². The summed E-state index contributed by atoms with van der Waals surface area (Å²) in [5, 5.41) is 38.3. The van der Waals surface area contributed by atoms with E-state index < -0.39 is 34.7 Å². The molecule has 1 saturated heterocycles. The van der Waals surface area contributed by atoms with E-state index in [0.717, 1.165) is 5.52 Å². The Morgan fingerprint density at radius 2 is 2.04 bits per heavy atom. The van der Waals surface area contributed by atoms with Crippen molar-refractivity contribution in [3.8, 4) is 5.75 Å². The molecule has 0 radical (unpaired) electrons. The maximum absolute atomic E-state index is 10.5. The summed E-state index contributed by atoms with van der Waals surface area (Å²) in [5.74, 6) is 0.325. The molecule has 3 rings (SSSR count). The molecule has 23 heavy (non-hydrogen) atoms. The predicted molar refractivity (Wildman–Crippen MR) is 85.4 cm³/mol. The highest BCUT2D eigenvalue weighted by atomic mass is 79.9. The van der Waals surface area contributed by atoms with Gasteiger partial charge in [-0.25, -0.2) is 0 Å². The zero-order chi connectivity index (χ0) is 16.8. The minimum atomic E-state index is -2.35. The number of fused-ring (bicyclic) bond motifs is 1. The number of H-pyrrole nitrogens is 1. The van der Waals surface area contributed by atoms with Gasteiger partial charge in [0, 0.05) is 17.1 Å². The molecule has 0 spiro atoms. The third-order valence-electron chi connectivity index (χ3n) is 3.82. The van der Waals surface area contributed by atoms with Crippen LogP contribution in [0.4, 0.5) is 0 Å². The summed E-state index contributed by atoms with van der Waals surface area (Å²) in [4.78, 5) is 2.98. The molecule has 0 aliphatic carbocycles. The van der Waals surface area contributed by atoms with Crippen LogP contribution in [0, 0.1) is 0 Å². The van der Waals surface area contributed by atoms with E-state index in [-0.39, 0.29) is 0 Å². The number of benzene rings is 1. The molecule has 0 bridgehead atoms. The number of aromatic nitrogens is 1. The summed E-state index contributed by atoms with van der Waals surface area (Å²) in [7, 11) is 0. The largest absolute Gasteiger partial charge is 0.481 e. The number of hydrogen-bond acceptors (Lipinski definition) is 6. The van der Waals surface area contributed by atoms with Crippen LogP contribution in [-0.2, 0) is 4.74 Å². The fraction of sp³-hybridized carbons (Fsp3) is 0.429. The Morgan fingerprint density at radius 3 is 2.74 bits per heavy atom. The van der Waals surface area contributed by atoms with Crippen molar-refractivity contribution in [1.82, 2.24) is 4.98 Å². The van der Waals surface area contributed by atoms with Crippen molar-refractivity contribution < 1.29 is 29.9 Å². The lowest BCUT2D eigenvalue weighted by Crippen LogP contribution is -2.70. The molecule has 2 heterocycles. The predicted octanol–water partition coefficient (Wildman–Crippen LogP) is 0.636. The van der Waals surface area contributed by atoms with Crippen molar-refractivity contribution in [2.75, 3.05) is 6.61 Å². The van der Waals surface area contributed by atoms with Crippen LogP contribution < -0.4 is 4.74 Å². The van der Waals surface area contributed by atoms with Crippen molar-refractivity contribution in [2.45, 2.75) is 28.1 Å². The van der Waals surface area contributed by atoms with Gasteiger partial charge in [-0.05, 0) is 28.1 Å². The van der Waals surface area contributed by atoms with E-state index in [4.69, 9.17) is 21.1 Å². The number of ether oxygens (including phenoxy) is 2. The van der Waals surface area contributed by atoms with Gasteiger partial charge in [0.05, 0.1) is 6.61 Å². The van der Waals surface area contributed by atoms with Gasteiger partial charge in [0.2, 0.25) is 5.06 Å². The second-order valence-electron chi connectivity index (χ2n) is 5.30. The normalized spacial score (nSPS) is 37.9. The lowest BCUT2D eigenvalue weighted by Gasteiger charge is -2.49. The monoisotopic (exact) mass is 407 g/mol. The first-order valence-corrected chi connectivity index (χ1v) is 7.95. The summed E-state index contributed by atoms with van der Waals surface area (Å²) in [6.45, 7) is -0.759. The lowest BCUT2D eigenvalue weighted by molar-refractivity contribution is -0.303. The second kappa shape index (κ2) is 5.89.